The third kappa shape index (κ3) is 5.46. The smallest absolute Gasteiger partial charge is 0.408 e. The van der Waals surface area contributed by atoms with Gasteiger partial charge in [-0.3, -0.25) is 4.79 Å². The third-order valence-electron chi connectivity index (χ3n) is 5.19. The fourth-order valence-electron chi connectivity index (χ4n) is 3.69. The highest BCUT2D eigenvalue weighted by molar-refractivity contribution is 5.97. The van der Waals surface area contributed by atoms with Crippen LogP contribution >= 0.6 is 0 Å². The van der Waals surface area contributed by atoms with Gasteiger partial charge in [0.05, 0.1) is 22.2 Å². The molecule has 1 aliphatic carbocycles. The van der Waals surface area contributed by atoms with Crippen LogP contribution in [0.1, 0.15) is 75.3 Å². The van der Waals surface area contributed by atoms with Crippen LogP contribution in [-0.4, -0.2) is 39.8 Å². The first kappa shape index (κ1) is 21.1. The molecule has 0 radical (unpaired) electrons. The van der Waals surface area contributed by atoms with Crippen molar-refractivity contribution in [2.75, 3.05) is 6.54 Å². The summed E-state index contributed by atoms with van der Waals surface area (Å²) in [5.41, 5.74) is 0.445. The Kier molecular flexibility index (Phi) is 6.10. The Balaban J connectivity index is 1.72. The molecule has 1 saturated carbocycles. The second-order valence-electron chi connectivity index (χ2n) is 8.85. The van der Waals surface area contributed by atoms with Gasteiger partial charge in [-0.1, -0.05) is 30.8 Å². The maximum atomic E-state index is 12.8. The highest BCUT2D eigenvalue weighted by Crippen LogP contribution is 2.27. The van der Waals surface area contributed by atoms with Gasteiger partial charge in [-0.05, 0) is 46.6 Å². The number of alkyl carbamates (subject to hydrolysis) is 1. The van der Waals surface area contributed by atoms with E-state index in [-0.39, 0.29) is 5.91 Å². The van der Waals surface area contributed by atoms with E-state index in [4.69, 9.17) is 9.26 Å². The largest absolute Gasteiger partial charge is 0.444 e. The maximum Gasteiger partial charge on any atom is 0.408 e. The van der Waals surface area contributed by atoms with Gasteiger partial charge in [0.2, 0.25) is 0 Å². The Bertz CT molecular complexity index is 876. The number of aromatic nitrogens is 2. The molecule has 1 fully saturated rings. The number of rotatable bonds is 4. The van der Waals surface area contributed by atoms with Gasteiger partial charge in [0.15, 0.2) is 0 Å². The SMILES string of the molecule is Cc1noc2ncc(C(=O)NCC3(NC(=O)OC(C)(C)C)CCCCCC3)cc12. The topological polar surface area (TPSA) is 106 Å². The van der Waals surface area contributed by atoms with Gasteiger partial charge in [0.1, 0.15) is 5.60 Å². The van der Waals surface area contributed by atoms with Gasteiger partial charge in [0.25, 0.3) is 11.6 Å². The normalized spacial score (nSPS) is 16.8. The van der Waals surface area contributed by atoms with Crippen LogP contribution < -0.4 is 10.6 Å². The number of fused-ring (bicyclic) bond motifs is 1. The van der Waals surface area contributed by atoms with Gasteiger partial charge in [-0.15, -0.1) is 0 Å². The lowest BCUT2D eigenvalue weighted by Gasteiger charge is -2.35. The highest BCUT2D eigenvalue weighted by atomic mass is 16.6. The van der Waals surface area contributed by atoms with E-state index in [2.05, 4.69) is 20.8 Å². The summed E-state index contributed by atoms with van der Waals surface area (Å²) in [5, 5.41) is 10.6. The number of carbonyl (C=O) groups excluding carboxylic acids is 2. The van der Waals surface area contributed by atoms with Crippen molar-refractivity contribution in [1.82, 2.24) is 20.8 Å². The number of carbonyl (C=O) groups is 2. The second-order valence-corrected chi connectivity index (χ2v) is 8.85. The van der Waals surface area contributed by atoms with Gasteiger partial charge in [-0.25, -0.2) is 9.78 Å². The number of ether oxygens (including phenoxy) is 1. The number of nitrogens with one attached hydrogen (secondary N) is 2. The van der Waals surface area contributed by atoms with E-state index >= 15 is 0 Å². The van der Waals surface area contributed by atoms with E-state index in [9.17, 15) is 9.59 Å². The average molecular weight is 402 g/mol. The first-order valence-electron chi connectivity index (χ1n) is 10.2. The number of nitrogens with zero attached hydrogens (tertiary/aromatic N) is 2. The van der Waals surface area contributed by atoms with Gasteiger partial charge in [-0.2, -0.15) is 0 Å². The Morgan fingerprint density at radius 2 is 1.90 bits per heavy atom. The fraction of sp³-hybridized carbons (Fsp3) is 0.619. The minimum atomic E-state index is -0.573. The number of hydrogen-bond acceptors (Lipinski definition) is 6. The number of pyridine rings is 1. The zero-order valence-electron chi connectivity index (χ0n) is 17.6. The lowest BCUT2D eigenvalue weighted by atomic mass is 9.90. The molecule has 1 aliphatic rings. The molecule has 2 N–H and O–H groups in total. The molecule has 2 heterocycles. The molecule has 8 nitrogen and oxygen atoms in total. The van der Waals surface area contributed by atoms with Crippen molar-refractivity contribution in [1.29, 1.82) is 0 Å². The molecular formula is C21H30N4O4. The van der Waals surface area contributed by atoms with Crippen LogP contribution in [0.3, 0.4) is 0 Å². The van der Waals surface area contributed by atoms with Gasteiger partial charge < -0.3 is 19.9 Å². The monoisotopic (exact) mass is 402 g/mol. The quantitative estimate of drug-likeness (QED) is 0.752. The zero-order chi connectivity index (χ0) is 21.1. The van der Waals surface area contributed by atoms with Crippen LogP contribution in [0.4, 0.5) is 4.79 Å². The van der Waals surface area contributed by atoms with Crippen molar-refractivity contribution in [2.24, 2.45) is 0 Å². The van der Waals surface area contributed by atoms with E-state index in [1.807, 2.05) is 20.8 Å². The van der Waals surface area contributed by atoms with Crippen LogP contribution in [0, 0.1) is 6.92 Å². The van der Waals surface area contributed by atoms with Crippen LogP contribution in [0.5, 0.6) is 0 Å². The first-order valence-corrected chi connectivity index (χ1v) is 10.2. The minimum absolute atomic E-state index is 0.241. The van der Waals surface area contributed by atoms with Gasteiger partial charge >= 0.3 is 6.09 Å². The van der Waals surface area contributed by atoms with Crippen molar-refractivity contribution in [3.05, 3.63) is 23.5 Å². The second kappa shape index (κ2) is 8.39. The molecule has 8 heteroatoms. The molecule has 0 atom stereocenters. The first-order chi connectivity index (χ1) is 13.7. The predicted octanol–water partition coefficient (Wildman–Crippen LogP) is 3.88. The van der Waals surface area contributed by atoms with Crippen LogP contribution in [-0.2, 0) is 4.74 Å². The molecule has 0 saturated heterocycles. The summed E-state index contributed by atoms with van der Waals surface area (Å²) in [6.45, 7) is 7.66. The molecule has 2 aromatic heterocycles. The molecular weight excluding hydrogens is 372 g/mol. The summed E-state index contributed by atoms with van der Waals surface area (Å²) in [5.74, 6) is -0.241. The Hall–Kier alpha value is -2.64. The summed E-state index contributed by atoms with van der Waals surface area (Å²) < 4.78 is 10.6. The predicted molar refractivity (Wildman–Crippen MR) is 109 cm³/mol. The number of amides is 2. The van der Waals surface area contributed by atoms with E-state index < -0.39 is 17.2 Å². The lowest BCUT2D eigenvalue weighted by Crippen LogP contribution is -2.56. The number of aryl methyl sites for hydroxylation is 1. The van der Waals surface area contributed by atoms with Gasteiger partial charge in [0, 0.05) is 12.7 Å². The number of hydrogen-bond donors (Lipinski definition) is 2. The molecule has 158 valence electrons. The molecule has 3 rings (SSSR count). The van der Waals surface area contributed by atoms with Crippen molar-refractivity contribution in [3.8, 4) is 0 Å². The summed E-state index contributed by atoms with van der Waals surface area (Å²) in [6.07, 6.45) is 6.87. The average Bonchev–Trinajstić information content (AvgIpc) is 2.86. The minimum Gasteiger partial charge on any atom is -0.444 e. The van der Waals surface area contributed by atoms with E-state index in [1.165, 1.54) is 6.20 Å². The zero-order valence-corrected chi connectivity index (χ0v) is 17.6. The standard InChI is InChI=1S/C21H30N4O4/c1-14-16-11-15(12-22-18(16)29-25-14)17(26)23-13-21(9-7-5-6-8-10-21)24-19(27)28-20(2,3)4/h11-12H,5-10,13H2,1-4H3,(H,23,26)(H,24,27). The van der Waals surface area contributed by atoms with Crippen LogP contribution in [0.25, 0.3) is 11.1 Å². The highest BCUT2D eigenvalue weighted by Gasteiger charge is 2.34. The lowest BCUT2D eigenvalue weighted by molar-refractivity contribution is 0.0437. The summed E-state index contributed by atoms with van der Waals surface area (Å²) in [7, 11) is 0. The van der Waals surface area contributed by atoms with Crippen molar-refractivity contribution >= 4 is 23.1 Å². The fourth-order valence-corrected chi connectivity index (χ4v) is 3.69. The van der Waals surface area contributed by atoms with Crippen molar-refractivity contribution < 1.29 is 18.8 Å². The maximum absolute atomic E-state index is 12.8. The Morgan fingerprint density at radius 1 is 1.21 bits per heavy atom. The summed E-state index contributed by atoms with van der Waals surface area (Å²) in [4.78, 5) is 29.4. The van der Waals surface area contributed by atoms with Crippen molar-refractivity contribution in [2.45, 2.75) is 77.4 Å². The van der Waals surface area contributed by atoms with Crippen LogP contribution in [0.15, 0.2) is 16.8 Å². The summed E-state index contributed by atoms with van der Waals surface area (Å²) in [6, 6.07) is 1.73. The van der Waals surface area contributed by atoms with E-state index in [0.717, 1.165) is 38.5 Å². The summed E-state index contributed by atoms with van der Waals surface area (Å²) >= 11 is 0. The molecule has 2 aromatic rings. The molecule has 0 spiro atoms. The van der Waals surface area contributed by atoms with Crippen molar-refractivity contribution in [3.63, 3.8) is 0 Å². The van der Waals surface area contributed by atoms with E-state index in [0.29, 0.717) is 28.9 Å². The van der Waals surface area contributed by atoms with E-state index in [1.54, 1.807) is 13.0 Å². The molecule has 0 bridgehead atoms. The van der Waals surface area contributed by atoms with Crippen LogP contribution in [0.2, 0.25) is 0 Å². The Labute approximate surface area is 170 Å². The molecule has 0 aliphatic heterocycles. The third-order valence-corrected chi connectivity index (χ3v) is 5.19. The molecule has 2 amide bonds. The molecule has 29 heavy (non-hydrogen) atoms. The molecule has 0 unspecified atom stereocenters. The Morgan fingerprint density at radius 3 is 2.55 bits per heavy atom. The molecule has 0 aromatic carbocycles.